The Morgan fingerprint density at radius 2 is 1.73 bits per heavy atom. The summed E-state index contributed by atoms with van der Waals surface area (Å²) in [6.45, 7) is 5.19. The van der Waals surface area contributed by atoms with Gasteiger partial charge < -0.3 is 4.74 Å². The molecule has 0 spiro atoms. The van der Waals surface area contributed by atoms with E-state index in [1.807, 2.05) is 42.5 Å². The van der Waals surface area contributed by atoms with E-state index in [0.29, 0.717) is 18.4 Å². The van der Waals surface area contributed by atoms with Crippen molar-refractivity contribution in [1.82, 2.24) is 0 Å². The molecular weight excluding hydrogens is 455 g/mol. The Kier molecular flexibility index (Phi) is 6.26. The zero-order valence-electron chi connectivity index (χ0n) is 21.4. The predicted molar refractivity (Wildman–Crippen MR) is 153 cm³/mol. The molecule has 1 aliphatic heterocycles. The van der Waals surface area contributed by atoms with Gasteiger partial charge in [-0.2, -0.15) is 0 Å². The summed E-state index contributed by atoms with van der Waals surface area (Å²) in [6, 6.07) is 19.5. The molecule has 3 aromatic carbocycles. The highest BCUT2D eigenvalue weighted by Crippen LogP contribution is 2.38. The van der Waals surface area contributed by atoms with Crippen LogP contribution in [0.25, 0.3) is 29.9 Å². The second-order valence-corrected chi connectivity index (χ2v) is 10.3. The average molecular weight is 487 g/mol. The second-order valence-electron chi connectivity index (χ2n) is 10.3. The molecule has 3 aromatic rings. The molecule has 184 valence electrons. The highest BCUT2D eigenvalue weighted by atomic mass is 19.1. The normalized spacial score (nSPS) is 20.5. The van der Waals surface area contributed by atoms with Gasteiger partial charge in [-0.25, -0.2) is 4.39 Å². The minimum Gasteiger partial charge on any atom is -0.489 e. The minimum atomic E-state index is -0.169. The maximum atomic E-state index is 13.2. The summed E-state index contributed by atoms with van der Waals surface area (Å²) in [6.07, 6.45) is 17.9. The van der Waals surface area contributed by atoms with Crippen molar-refractivity contribution in [3.05, 3.63) is 129 Å². The number of hydrogen-bond acceptors (Lipinski definition) is 1. The lowest BCUT2D eigenvalue weighted by atomic mass is 9.78. The molecule has 3 aliphatic carbocycles. The first-order chi connectivity index (χ1) is 18.1. The Morgan fingerprint density at radius 1 is 0.892 bits per heavy atom. The van der Waals surface area contributed by atoms with Gasteiger partial charge in [0.15, 0.2) is 0 Å². The topological polar surface area (TPSA) is 9.23 Å². The molecule has 0 saturated carbocycles. The largest absolute Gasteiger partial charge is 0.489 e. The lowest BCUT2D eigenvalue weighted by Gasteiger charge is -2.26. The van der Waals surface area contributed by atoms with E-state index in [1.54, 1.807) is 12.1 Å². The molecule has 2 heteroatoms. The van der Waals surface area contributed by atoms with Crippen molar-refractivity contribution in [2.75, 3.05) is 6.61 Å². The molecule has 1 heterocycles. The second kappa shape index (κ2) is 9.86. The van der Waals surface area contributed by atoms with Crippen molar-refractivity contribution >= 4 is 29.9 Å². The van der Waals surface area contributed by atoms with Crippen LogP contribution in [0.1, 0.15) is 54.9 Å². The summed E-state index contributed by atoms with van der Waals surface area (Å²) in [5.74, 6) is 1.66. The van der Waals surface area contributed by atoms with Gasteiger partial charge in [-0.15, -0.1) is 0 Å². The highest BCUT2D eigenvalue weighted by molar-refractivity contribution is 5.83. The number of halogens is 1. The van der Waals surface area contributed by atoms with Gasteiger partial charge in [0.25, 0.3) is 0 Å². The molecule has 4 aliphatic rings. The van der Waals surface area contributed by atoms with Crippen LogP contribution in [-0.2, 0) is 0 Å². The first-order valence-electron chi connectivity index (χ1n) is 13.1. The van der Waals surface area contributed by atoms with Crippen LogP contribution in [0.4, 0.5) is 4.39 Å². The lowest BCUT2D eigenvalue weighted by Crippen LogP contribution is -2.34. The van der Waals surface area contributed by atoms with E-state index in [9.17, 15) is 4.39 Å². The third kappa shape index (κ3) is 4.64. The Labute approximate surface area is 218 Å². The van der Waals surface area contributed by atoms with Crippen LogP contribution in [0.5, 0.6) is 5.75 Å². The van der Waals surface area contributed by atoms with Gasteiger partial charge in [-0.05, 0) is 82.7 Å². The Balaban J connectivity index is 0.000000210. The molecule has 0 N–H and O–H groups in total. The molecule has 1 nitrogen and oxygen atoms in total. The summed E-state index contributed by atoms with van der Waals surface area (Å²) in [4.78, 5) is 0. The third-order valence-corrected chi connectivity index (χ3v) is 7.87. The van der Waals surface area contributed by atoms with E-state index in [1.165, 1.54) is 49.4 Å². The van der Waals surface area contributed by atoms with Gasteiger partial charge in [0.1, 0.15) is 18.2 Å². The molecule has 0 aromatic heterocycles. The van der Waals surface area contributed by atoms with Crippen molar-refractivity contribution in [3.8, 4) is 5.75 Å². The molecular formula is C35H31FO. The van der Waals surface area contributed by atoms with E-state index in [2.05, 4.69) is 62.4 Å². The monoisotopic (exact) mass is 486 g/mol. The number of rotatable bonds is 1. The number of para-hydroxylation sites is 1. The predicted octanol–water partition coefficient (Wildman–Crippen LogP) is 7.43. The molecule has 0 bridgehead atoms. The maximum Gasteiger partial charge on any atom is 0.126 e. The van der Waals surface area contributed by atoms with Crippen LogP contribution in [0.2, 0.25) is 0 Å². The van der Waals surface area contributed by atoms with E-state index in [0.717, 1.165) is 18.6 Å². The van der Waals surface area contributed by atoms with E-state index in [-0.39, 0.29) is 5.82 Å². The Bertz CT molecular complexity index is 1600. The van der Waals surface area contributed by atoms with Crippen LogP contribution >= 0.6 is 0 Å². The molecule has 1 unspecified atom stereocenters. The van der Waals surface area contributed by atoms with Crippen molar-refractivity contribution in [2.24, 2.45) is 5.92 Å². The molecule has 0 radical (unpaired) electrons. The molecule has 37 heavy (non-hydrogen) atoms. The zero-order chi connectivity index (χ0) is 25.4. The molecule has 0 saturated heterocycles. The number of benzene rings is 3. The molecule has 2 atom stereocenters. The average Bonchev–Trinajstić information content (AvgIpc) is 2.94. The SMILES string of the molecule is C1=Cc2ccccc2OC1.CC1=Cc2ccc3c(c2=CC1C)=CCC1=C3C=C[C@@H](c2ccc(F)cc2)C1. The maximum absolute atomic E-state index is 13.2. The minimum absolute atomic E-state index is 0.169. The Hall–Kier alpha value is -3.91. The number of ether oxygens (including phenoxy) is 1. The summed E-state index contributed by atoms with van der Waals surface area (Å²) in [7, 11) is 0. The van der Waals surface area contributed by atoms with Gasteiger partial charge >= 0.3 is 0 Å². The van der Waals surface area contributed by atoms with Crippen LogP contribution in [0.15, 0.2) is 90.0 Å². The molecule has 0 fully saturated rings. The van der Waals surface area contributed by atoms with Crippen LogP contribution < -0.4 is 15.2 Å². The summed E-state index contributed by atoms with van der Waals surface area (Å²) < 4.78 is 18.6. The highest BCUT2D eigenvalue weighted by Gasteiger charge is 2.22. The van der Waals surface area contributed by atoms with Gasteiger partial charge in [0, 0.05) is 11.5 Å². The number of hydrogen-bond donors (Lipinski definition) is 0. The van der Waals surface area contributed by atoms with Crippen LogP contribution in [0, 0.1) is 11.7 Å². The summed E-state index contributed by atoms with van der Waals surface area (Å²) in [5, 5.41) is 2.79. The third-order valence-electron chi connectivity index (χ3n) is 7.87. The lowest BCUT2D eigenvalue weighted by molar-refractivity contribution is 0.358. The molecule has 0 amide bonds. The smallest absolute Gasteiger partial charge is 0.126 e. The van der Waals surface area contributed by atoms with Gasteiger partial charge in [-0.3, -0.25) is 0 Å². The number of fused-ring (bicyclic) bond motifs is 5. The quantitative estimate of drug-likeness (QED) is 0.347. The zero-order valence-corrected chi connectivity index (χ0v) is 21.4. The fourth-order valence-corrected chi connectivity index (χ4v) is 5.65. The van der Waals surface area contributed by atoms with E-state index < -0.39 is 0 Å². The van der Waals surface area contributed by atoms with Crippen molar-refractivity contribution in [1.29, 1.82) is 0 Å². The fourth-order valence-electron chi connectivity index (χ4n) is 5.65. The van der Waals surface area contributed by atoms with Crippen molar-refractivity contribution < 1.29 is 9.13 Å². The summed E-state index contributed by atoms with van der Waals surface area (Å²) in [5.41, 5.74) is 9.38. The van der Waals surface area contributed by atoms with Gasteiger partial charge in [0.2, 0.25) is 0 Å². The Morgan fingerprint density at radius 3 is 2.57 bits per heavy atom. The van der Waals surface area contributed by atoms with Gasteiger partial charge in [0.05, 0.1) is 0 Å². The van der Waals surface area contributed by atoms with Crippen LogP contribution in [-0.4, -0.2) is 6.61 Å². The van der Waals surface area contributed by atoms with Crippen molar-refractivity contribution in [3.63, 3.8) is 0 Å². The van der Waals surface area contributed by atoms with E-state index in [4.69, 9.17) is 4.74 Å². The molecule has 7 rings (SSSR count). The fraction of sp³-hybridized carbons (Fsp3) is 0.200. The van der Waals surface area contributed by atoms with Crippen LogP contribution in [0.3, 0.4) is 0 Å². The summed E-state index contributed by atoms with van der Waals surface area (Å²) >= 11 is 0. The number of allylic oxidation sites excluding steroid dienone is 5. The van der Waals surface area contributed by atoms with Crippen molar-refractivity contribution in [2.45, 2.75) is 32.6 Å². The standard InChI is InChI=1S/C26H23F.C9H8O/c1-16-13-20-6-11-24-23-10-5-19(18-3-8-22(27)9-4-18)15-21(23)7-12-25(24)26(20)14-17(16)2;1-2-6-9-8(4-1)5-3-7-10-9/h3-6,8-14,17,19H,7,15H2,1-2H3;1-6H,7H2/t17?,19-;/m1./s1. The van der Waals surface area contributed by atoms with Gasteiger partial charge in [-0.1, -0.05) is 97.0 Å². The van der Waals surface area contributed by atoms with E-state index >= 15 is 0 Å². The first kappa shape index (κ1) is 23.5. The first-order valence-corrected chi connectivity index (χ1v) is 13.1.